The highest BCUT2D eigenvalue weighted by Gasteiger charge is 2.56. The van der Waals surface area contributed by atoms with E-state index < -0.39 is 30.4 Å². The molecule has 2 unspecified atom stereocenters. The monoisotopic (exact) mass is 341 g/mol. The van der Waals surface area contributed by atoms with Gasteiger partial charge in [0.1, 0.15) is 24.4 Å². The predicted octanol–water partition coefficient (Wildman–Crippen LogP) is -0.0253. The lowest BCUT2D eigenvalue weighted by molar-refractivity contribution is -0.231. The Balaban J connectivity index is 0.00000242. The van der Waals surface area contributed by atoms with Crippen LogP contribution in [0.4, 0.5) is 0 Å². The van der Waals surface area contributed by atoms with E-state index in [1.54, 1.807) is 0 Å². The van der Waals surface area contributed by atoms with Crippen molar-refractivity contribution in [1.29, 1.82) is 0 Å². The van der Waals surface area contributed by atoms with Crippen molar-refractivity contribution >= 4 is 12.4 Å². The quantitative estimate of drug-likeness (QED) is 0.630. The standard InChI is InChI=1S/C14H27NO6.ClH/c1-14(2)20-12-11(18-7-5-6-15(3)4)10(9(17)8-16)19-13(12)21-14;/h9-13,16-17H,5-8H2,1-4H3;1H/t9?,10-,11+,12+,13?;/m1./s1. The lowest BCUT2D eigenvalue weighted by atomic mass is 10.1. The first-order valence-corrected chi connectivity index (χ1v) is 7.40. The molecule has 2 fully saturated rings. The van der Waals surface area contributed by atoms with Crippen molar-refractivity contribution in [3.8, 4) is 0 Å². The first kappa shape index (κ1) is 20.1. The van der Waals surface area contributed by atoms with Gasteiger partial charge in [-0.15, -0.1) is 12.4 Å². The highest BCUT2D eigenvalue weighted by molar-refractivity contribution is 5.85. The van der Waals surface area contributed by atoms with Gasteiger partial charge in [-0.05, 0) is 40.9 Å². The van der Waals surface area contributed by atoms with Gasteiger partial charge in [0.15, 0.2) is 12.1 Å². The van der Waals surface area contributed by atoms with E-state index in [4.69, 9.17) is 24.1 Å². The molecule has 0 bridgehead atoms. The summed E-state index contributed by atoms with van der Waals surface area (Å²) >= 11 is 0. The van der Waals surface area contributed by atoms with Crippen LogP contribution in [0.1, 0.15) is 20.3 Å². The van der Waals surface area contributed by atoms with Gasteiger partial charge in [0.25, 0.3) is 0 Å². The van der Waals surface area contributed by atoms with E-state index >= 15 is 0 Å². The maximum atomic E-state index is 9.88. The van der Waals surface area contributed by atoms with Crippen LogP contribution in [0.5, 0.6) is 0 Å². The van der Waals surface area contributed by atoms with Crippen LogP contribution in [0.15, 0.2) is 0 Å². The first-order valence-electron chi connectivity index (χ1n) is 7.40. The zero-order valence-electron chi connectivity index (χ0n) is 13.6. The van der Waals surface area contributed by atoms with Crippen molar-refractivity contribution < 1.29 is 29.2 Å². The first-order chi connectivity index (χ1) is 9.84. The summed E-state index contributed by atoms with van der Waals surface area (Å²) in [5, 5.41) is 19.0. The summed E-state index contributed by atoms with van der Waals surface area (Å²) in [5.74, 6) is -0.726. The van der Waals surface area contributed by atoms with Gasteiger partial charge in [0.05, 0.1) is 6.61 Å². The van der Waals surface area contributed by atoms with Gasteiger partial charge in [-0.1, -0.05) is 0 Å². The van der Waals surface area contributed by atoms with Gasteiger partial charge in [-0.25, -0.2) is 0 Å². The number of hydrogen-bond donors (Lipinski definition) is 2. The van der Waals surface area contributed by atoms with Crippen LogP contribution >= 0.6 is 12.4 Å². The van der Waals surface area contributed by atoms with Gasteiger partial charge >= 0.3 is 0 Å². The van der Waals surface area contributed by atoms with Crippen LogP contribution in [0.25, 0.3) is 0 Å². The third kappa shape index (κ3) is 4.75. The van der Waals surface area contributed by atoms with Gasteiger partial charge in [-0.3, -0.25) is 0 Å². The van der Waals surface area contributed by atoms with Crippen LogP contribution in [-0.4, -0.2) is 85.5 Å². The lowest BCUT2D eigenvalue weighted by Gasteiger charge is -2.28. The molecule has 2 aliphatic heterocycles. The SMILES string of the molecule is CN(C)CCCO[C@H]1[C@@H](C(O)CO)OC2OC(C)(C)O[C@H]21.Cl. The number of aliphatic hydroxyl groups excluding tert-OH is 2. The van der Waals surface area contributed by atoms with E-state index in [0.29, 0.717) is 6.61 Å². The molecule has 0 aromatic rings. The topological polar surface area (TPSA) is 80.6 Å². The average Bonchev–Trinajstić information content (AvgIpc) is 2.86. The molecule has 0 aromatic heterocycles. The van der Waals surface area contributed by atoms with Crippen molar-refractivity contribution in [2.24, 2.45) is 0 Å². The number of aliphatic hydroxyl groups is 2. The number of halogens is 1. The fourth-order valence-corrected chi connectivity index (χ4v) is 2.71. The zero-order chi connectivity index (χ0) is 15.6. The molecule has 0 spiro atoms. The summed E-state index contributed by atoms with van der Waals surface area (Å²) < 4.78 is 23.0. The Morgan fingerprint density at radius 1 is 1.27 bits per heavy atom. The van der Waals surface area contributed by atoms with Crippen LogP contribution < -0.4 is 0 Å². The van der Waals surface area contributed by atoms with Crippen LogP contribution in [0, 0.1) is 0 Å². The molecule has 2 N–H and O–H groups in total. The molecule has 0 aliphatic carbocycles. The van der Waals surface area contributed by atoms with Gasteiger partial charge in [0.2, 0.25) is 0 Å². The van der Waals surface area contributed by atoms with E-state index in [2.05, 4.69) is 4.90 Å². The maximum Gasteiger partial charge on any atom is 0.190 e. The summed E-state index contributed by atoms with van der Waals surface area (Å²) in [7, 11) is 4.01. The Morgan fingerprint density at radius 3 is 2.55 bits per heavy atom. The minimum absolute atomic E-state index is 0. The second-order valence-electron chi connectivity index (χ2n) is 6.31. The molecule has 0 amide bonds. The highest BCUT2D eigenvalue weighted by atomic mass is 35.5. The number of rotatable bonds is 7. The lowest BCUT2D eigenvalue weighted by Crippen LogP contribution is -2.44. The molecular weight excluding hydrogens is 314 g/mol. The Labute approximate surface area is 137 Å². The Bertz CT molecular complexity index is 343. The molecule has 2 aliphatic rings. The fraction of sp³-hybridized carbons (Fsp3) is 1.00. The predicted molar refractivity (Wildman–Crippen MR) is 81.9 cm³/mol. The second kappa shape index (κ2) is 8.21. The Hall–Kier alpha value is 0.01000. The fourth-order valence-electron chi connectivity index (χ4n) is 2.71. The normalized spacial score (nSPS) is 34.5. The average molecular weight is 342 g/mol. The molecule has 0 saturated carbocycles. The minimum Gasteiger partial charge on any atom is -0.394 e. The van der Waals surface area contributed by atoms with Crippen molar-refractivity contribution in [2.75, 3.05) is 33.9 Å². The summed E-state index contributed by atoms with van der Waals surface area (Å²) in [6.45, 7) is 4.70. The molecule has 22 heavy (non-hydrogen) atoms. The van der Waals surface area contributed by atoms with Crippen LogP contribution in [0.3, 0.4) is 0 Å². The second-order valence-corrected chi connectivity index (χ2v) is 6.31. The van der Waals surface area contributed by atoms with Crippen molar-refractivity contribution in [2.45, 2.75) is 56.8 Å². The van der Waals surface area contributed by atoms with Crippen LogP contribution in [-0.2, 0) is 18.9 Å². The summed E-state index contributed by atoms with van der Waals surface area (Å²) in [5.41, 5.74) is 0. The number of ether oxygens (including phenoxy) is 4. The zero-order valence-corrected chi connectivity index (χ0v) is 14.4. The highest BCUT2D eigenvalue weighted by Crippen LogP contribution is 2.39. The van der Waals surface area contributed by atoms with Gasteiger partial charge < -0.3 is 34.1 Å². The maximum absolute atomic E-state index is 9.88. The van der Waals surface area contributed by atoms with E-state index in [1.165, 1.54) is 0 Å². The summed E-state index contributed by atoms with van der Waals surface area (Å²) in [6.07, 6.45) is -2.17. The molecular formula is C14H28ClNO6. The Morgan fingerprint density at radius 2 is 1.95 bits per heavy atom. The Kier molecular flexibility index (Phi) is 7.48. The van der Waals surface area contributed by atoms with Crippen molar-refractivity contribution in [3.63, 3.8) is 0 Å². The number of hydrogen-bond acceptors (Lipinski definition) is 7. The molecule has 0 radical (unpaired) electrons. The largest absolute Gasteiger partial charge is 0.394 e. The number of nitrogens with zero attached hydrogens (tertiary/aromatic N) is 1. The van der Waals surface area contributed by atoms with E-state index in [-0.39, 0.29) is 25.1 Å². The molecule has 132 valence electrons. The minimum atomic E-state index is -1.01. The van der Waals surface area contributed by atoms with E-state index in [9.17, 15) is 5.11 Å². The van der Waals surface area contributed by atoms with Crippen molar-refractivity contribution in [3.05, 3.63) is 0 Å². The number of fused-ring (bicyclic) bond motifs is 1. The molecule has 8 heteroatoms. The van der Waals surface area contributed by atoms with Gasteiger partial charge in [0, 0.05) is 6.61 Å². The third-order valence-corrected chi connectivity index (χ3v) is 3.65. The van der Waals surface area contributed by atoms with Crippen LogP contribution in [0.2, 0.25) is 0 Å². The third-order valence-electron chi connectivity index (χ3n) is 3.65. The van der Waals surface area contributed by atoms with Crippen molar-refractivity contribution in [1.82, 2.24) is 4.90 Å². The summed E-state index contributed by atoms with van der Waals surface area (Å²) in [4.78, 5) is 2.08. The molecule has 0 aromatic carbocycles. The molecule has 2 heterocycles. The summed E-state index contributed by atoms with van der Waals surface area (Å²) in [6, 6.07) is 0. The molecule has 2 saturated heterocycles. The van der Waals surface area contributed by atoms with Gasteiger partial charge in [-0.2, -0.15) is 0 Å². The molecule has 5 atom stereocenters. The molecule has 2 rings (SSSR count). The smallest absolute Gasteiger partial charge is 0.190 e. The molecule has 7 nitrogen and oxygen atoms in total. The van der Waals surface area contributed by atoms with E-state index in [1.807, 2.05) is 27.9 Å². The van der Waals surface area contributed by atoms with E-state index in [0.717, 1.165) is 13.0 Å².